The minimum Gasteiger partial charge on any atom is -0.494 e. The normalized spacial score (nSPS) is 11.6. The number of allylic oxidation sites excluding steroid dienone is 2. The topological polar surface area (TPSA) is 97.2 Å². The number of ether oxygens (including phenoxy) is 2. The number of aromatic nitrogens is 4. The lowest BCUT2D eigenvalue weighted by molar-refractivity contribution is 0.101. The van der Waals surface area contributed by atoms with Crippen molar-refractivity contribution in [2.75, 3.05) is 19.5 Å². The van der Waals surface area contributed by atoms with E-state index in [2.05, 4.69) is 27.5 Å². The number of hydrogen-bond donors (Lipinski definition) is 1. The average molecular weight is 462 g/mol. The number of ketones is 1. The van der Waals surface area contributed by atoms with Crippen LogP contribution in [0.2, 0.25) is 0 Å². The summed E-state index contributed by atoms with van der Waals surface area (Å²) in [4.78, 5) is 21.1. The largest absolute Gasteiger partial charge is 0.494 e. The summed E-state index contributed by atoms with van der Waals surface area (Å²) in [6.45, 7) is 7.37. The van der Waals surface area contributed by atoms with Crippen LogP contribution >= 0.6 is 0 Å². The number of para-hydroxylation sites is 1. The molecule has 178 valence electrons. The van der Waals surface area contributed by atoms with Crippen LogP contribution in [-0.2, 0) is 13.1 Å². The van der Waals surface area contributed by atoms with Gasteiger partial charge < -0.3 is 24.3 Å². The molecule has 0 atom stereocenters. The molecule has 0 fully saturated rings. The Kier molecular flexibility index (Phi) is 6.86. The lowest BCUT2D eigenvalue weighted by Crippen LogP contribution is -2.05. The molecule has 0 amide bonds. The standard InChI is InChI=1S/C26H31N5O3/c1-5-6-14-34-23-16-19(17(2)32)15-21-25(23)31(26(27)29-21)13-8-7-12-30-18(3)28-20-10-9-11-22(33-4)24(20)30/h7-11,15-16H,5-6,12-14H2,1-4H3,(H2,27,29)/b8-7+. The quantitative estimate of drug-likeness (QED) is 0.204. The number of nitrogens with zero attached hydrogens (tertiary/aromatic N) is 4. The Bertz CT molecular complexity index is 1370. The zero-order valence-electron chi connectivity index (χ0n) is 20.2. The molecule has 2 aromatic carbocycles. The van der Waals surface area contributed by atoms with Gasteiger partial charge in [0.25, 0.3) is 0 Å². The molecule has 8 heteroatoms. The van der Waals surface area contributed by atoms with Crippen molar-refractivity contribution in [2.24, 2.45) is 0 Å². The second kappa shape index (κ2) is 9.99. The highest BCUT2D eigenvalue weighted by atomic mass is 16.5. The Morgan fingerprint density at radius 2 is 1.79 bits per heavy atom. The number of imidazole rings is 2. The Morgan fingerprint density at radius 3 is 2.50 bits per heavy atom. The van der Waals surface area contributed by atoms with Crippen LogP contribution in [0.15, 0.2) is 42.5 Å². The lowest BCUT2D eigenvalue weighted by atomic mass is 10.1. The van der Waals surface area contributed by atoms with Crippen molar-refractivity contribution in [3.63, 3.8) is 0 Å². The fourth-order valence-electron chi connectivity index (χ4n) is 4.09. The second-order valence-electron chi connectivity index (χ2n) is 8.25. The smallest absolute Gasteiger partial charge is 0.201 e. The number of methoxy groups -OCH3 is 1. The Balaban J connectivity index is 1.62. The number of aryl methyl sites for hydroxylation is 1. The number of fused-ring (bicyclic) bond motifs is 2. The summed E-state index contributed by atoms with van der Waals surface area (Å²) in [5, 5.41) is 0. The number of Topliss-reactive ketones (excluding diaryl/α,β-unsaturated/α-hetero) is 1. The van der Waals surface area contributed by atoms with Crippen molar-refractivity contribution in [3.05, 3.63) is 53.9 Å². The van der Waals surface area contributed by atoms with E-state index in [1.165, 1.54) is 6.92 Å². The van der Waals surface area contributed by atoms with Gasteiger partial charge in [-0.1, -0.05) is 31.6 Å². The number of unbranched alkanes of at least 4 members (excludes halogenated alkanes) is 1. The third-order valence-corrected chi connectivity index (χ3v) is 5.88. The highest BCUT2D eigenvalue weighted by molar-refractivity contribution is 5.99. The zero-order valence-corrected chi connectivity index (χ0v) is 20.2. The second-order valence-corrected chi connectivity index (χ2v) is 8.25. The van der Waals surface area contributed by atoms with E-state index in [0.717, 1.165) is 41.0 Å². The summed E-state index contributed by atoms with van der Waals surface area (Å²) in [5.41, 5.74) is 10.2. The van der Waals surface area contributed by atoms with Crippen LogP contribution in [0.5, 0.6) is 11.5 Å². The van der Waals surface area contributed by atoms with Gasteiger partial charge in [0.05, 0.1) is 24.8 Å². The van der Waals surface area contributed by atoms with Crippen LogP contribution in [0.4, 0.5) is 5.95 Å². The van der Waals surface area contributed by atoms with Gasteiger partial charge in [-0.3, -0.25) is 4.79 Å². The summed E-state index contributed by atoms with van der Waals surface area (Å²) in [6.07, 6.45) is 6.07. The number of benzene rings is 2. The van der Waals surface area contributed by atoms with Crippen LogP contribution < -0.4 is 15.2 Å². The molecule has 2 aromatic heterocycles. The number of nitrogens with two attached hydrogens (primary N) is 1. The molecule has 0 saturated carbocycles. The van der Waals surface area contributed by atoms with E-state index >= 15 is 0 Å². The minimum absolute atomic E-state index is 0.0337. The van der Waals surface area contributed by atoms with Gasteiger partial charge in [-0.15, -0.1) is 0 Å². The number of carbonyl (C=O) groups is 1. The van der Waals surface area contributed by atoms with Crippen molar-refractivity contribution in [2.45, 2.75) is 46.7 Å². The molecular formula is C26H31N5O3. The van der Waals surface area contributed by atoms with Crippen molar-refractivity contribution in [1.29, 1.82) is 0 Å². The van der Waals surface area contributed by atoms with Gasteiger partial charge in [0, 0.05) is 18.7 Å². The fourth-order valence-corrected chi connectivity index (χ4v) is 4.09. The molecule has 34 heavy (non-hydrogen) atoms. The van der Waals surface area contributed by atoms with Crippen LogP contribution in [-0.4, -0.2) is 38.6 Å². The van der Waals surface area contributed by atoms with Gasteiger partial charge in [0.15, 0.2) is 5.78 Å². The molecular weight excluding hydrogens is 430 g/mol. The molecule has 4 aromatic rings. The molecule has 0 aliphatic carbocycles. The van der Waals surface area contributed by atoms with Crippen molar-refractivity contribution < 1.29 is 14.3 Å². The molecule has 0 bridgehead atoms. The first-order valence-electron chi connectivity index (χ1n) is 11.5. The van der Waals surface area contributed by atoms with E-state index in [9.17, 15) is 4.79 Å². The maximum atomic E-state index is 12.0. The summed E-state index contributed by atoms with van der Waals surface area (Å²) in [7, 11) is 1.67. The molecule has 0 radical (unpaired) electrons. The van der Waals surface area contributed by atoms with Crippen LogP contribution in [0, 0.1) is 6.92 Å². The minimum atomic E-state index is -0.0337. The zero-order chi connectivity index (χ0) is 24.2. The number of hydrogen-bond acceptors (Lipinski definition) is 6. The van der Waals surface area contributed by atoms with E-state index in [0.29, 0.717) is 42.5 Å². The Labute approximate surface area is 199 Å². The molecule has 8 nitrogen and oxygen atoms in total. The van der Waals surface area contributed by atoms with Crippen molar-refractivity contribution >= 4 is 33.8 Å². The SMILES string of the molecule is CCCCOc1cc(C(C)=O)cc2nc(N)n(C/C=C/Cn3c(C)nc4cccc(OC)c43)c12. The summed E-state index contributed by atoms with van der Waals surface area (Å²) in [5.74, 6) is 2.70. The molecule has 2 heterocycles. The van der Waals surface area contributed by atoms with E-state index in [1.807, 2.05) is 35.8 Å². The molecule has 0 aliphatic rings. The third kappa shape index (κ3) is 4.48. The van der Waals surface area contributed by atoms with Crippen molar-refractivity contribution in [3.8, 4) is 11.5 Å². The number of anilines is 1. The number of rotatable bonds is 10. The van der Waals surface area contributed by atoms with Gasteiger partial charge >= 0.3 is 0 Å². The van der Waals surface area contributed by atoms with Gasteiger partial charge in [-0.25, -0.2) is 9.97 Å². The first kappa shape index (κ1) is 23.4. The number of nitrogen functional groups attached to an aromatic ring is 1. The van der Waals surface area contributed by atoms with Gasteiger partial charge in [-0.2, -0.15) is 0 Å². The predicted octanol–water partition coefficient (Wildman–Crippen LogP) is 4.92. The van der Waals surface area contributed by atoms with Crippen LogP contribution in [0.3, 0.4) is 0 Å². The molecule has 4 rings (SSSR count). The highest BCUT2D eigenvalue weighted by Gasteiger charge is 2.16. The van der Waals surface area contributed by atoms with E-state index < -0.39 is 0 Å². The van der Waals surface area contributed by atoms with Gasteiger partial charge in [0.1, 0.15) is 28.4 Å². The highest BCUT2D eigenvalue weighted by Crippen LogP contribution is 2.31. The Hall–Kier alpha value is -3.81. The van der Waals surface area contributed by atoms with Crippen molar-refractivity contribution in [1.82, 2.24) is 19.1 Å². The lowest BCUT2D eigenvalue weighted by Gasteiger charge is -2.11. The summed E-state index contributed by atoms with van der Waals surface area (Å²) >= 11 is 0. The van der Waals surface area contributed by atoms with Crippen LogP contribution in [0.1, 0.15) is 42.9 Å². The van der Waals surface area contributed by atoms with Crippen LogP contribution in [0.25, 0.3) is 22.1 Å². The van der Waals surface area contributed by atoms with Gasteiger partial charge in [0.2, 0.25) is 5.95 Å². The number of carbonyl (C=O) groups excluding carboxylic acids is 1. The predicted molar refractivity (Wildman–Crippen MR) is 135 cm³/mol. The first-order valence-corrected chi connectivity index (χ1v) is 11.5. The molecule has 0 unspecified atom stereocenters. The maximum absolute atomic E-state index is 12.0. The van der Waals surface area contributed by atoms with Gasteiger partial charge in [-0.05, 0) is 44.5 Å². The average Bonchev–Trinajstić information content (AvgIpc) is 3.31. The van der Waals surface area contributed by atoms with E-state index in [4.69, 9.17) is 15.2 Å². The first-order chi connectivity index (χ1) is 16.4. The Morgan fingerprint density at radius 1 is 1.06 bits per heavy atom. The van der Waals surface area contributed by atoms with E-state index in [1.54, 1.807) is 19.2 Å². The molecule has 0 spiro atoms. The van der Waals surface area contributed by atoms with E-state index in [-0.39, 0.29) is 5.78 Å². The molecule has 0 aliphatic heterocycles. The molecule has 2 N–H and O–H groups in total. The third-order valence-electron chi connectivity index (χ3n) is 5.88. The fraction of sp³-hybridized carbons (Fsp3) is 0.346. The summed E-state index contributed by atoms with van der Waals surface area (Å²) < 4.78 is 15.6. The monoisotopic (exact) mass is 461 g/mol. The summed E-state index contributed by atoms with van der Waals surface area (Å²) in [6, 6.07) is 9.43. The maximum Gasteiger partial charge on any atom is 0.201 e. The molecule has 0 saturated heterocycles.